The van der Waals surface area contributed by atoms with Gasteiger partial charge >= 0.3 is 6.61 Å². The van der Waals surface area contributed by atoms with E-state index in [9.17, 15) is 8.78 Å². The summed E-state index contributed by atoms with van der Waals surface area (Å²) in [5.74, 6) is 1.50. The van der Waals surface area contributed by atoms with Crippen LogP contribution in [0.2, 0.25) is 0 Å². The van der Waals surface area contributed by atoms with Gasteiger partial charge in [0.25, 0.3) is 0 Å². The van der Waals surface area contributed by atoms with Gasteiger partial charge in [-0.25, -0.2) is 0 Å². The van der Waals surface area contributed by atoms with Crippen molar-refractivity contribution in [2.24, 2.45) is 10.9 Å². The maximum Gasteiger partial charge on any atom is 0.387 e. The zero-order valence-electron chi connectivity index (χ0n) is 17.9. The molecule has 0 aliphatic carbocycles. The van der Waals surface area contributed by atoms with Crippen molar-refractivity contribution < 1.29 is 23.0 Å². The van der Waals surface area contributed by atoms with Crippen molar-refractivity contribution in [3.63, 3.8) is 0 Å². The molecule has 0 saturated carbocycles. The summed E-state index contributed by atoms with van der Waals surface area (Å²) in [6.45, 7) is 0.593. The molecule has 0 radical (unpaired) electrons. The van der Waals surface area contributed by atoms with Crippen molar-refractivity contribution in [2.45, 2.75) is 26.2 Å². The van der Waals surface area contributed by atoms with E-state index in [1.54, 1.807) is 19.2 Å². The first-order valence-electron chi connectivity index (χ1n) is 10.3. The van der Waals surface area contributed by atoms with Gasteiger partial charge in [0.05, 0.1) is 20.3 Å². The minimum Gasteiger partial charge on any atom is -0.493 e. The molecule has 6 nitrogen and oxygen atoms in total. The summed E-state index contributed by atoms with van der Waals surface area (Å²) in [6, 6.07) is 15.1. The number of hydrogen-bond acceptors (Lipinski definition) is 4. The lowest BCUT2D eigenvalue weighted by Gasteiger charge is -2.22. The van der Waals surface area contributed by atoms with Crippen molar-refractivity contribution in [3.05, 3.63) is 59.7 Å². The van der Waals surface area contributed by atoms with Gasteiger partial charge in [0, 0.05) is 32.6 Å². The van der Waals surface area contributed by atoms with Crippen LogP contribution in [-0.2, 0) is 17.9 Å². The Morgan fingerprint density at radius 2 is 1.97 bits per heavy atom. The highest BCUT2D eigenvalue weighted by molar-refractivity contribution is 5.80. The Balaban J connectivity index is 1.48. The lowest BCUT2D eigenvalue weighted by molar-refractivity contribution is -0.0512. The van der Waals surface area contributed by atoms with E-state index in [0.29, 0.717) is 25.7 Å². The van der Waals surface area contributed by atoms with E-state index in [-0.39, 0.29) is 11.5 Å². The number of halogens is 2. The highest BCUT2D eigenvalue weighted by atomic mass is 19.3. The zero-order valence-corrected chi connectivity index (χ0v) is 17.9. The van der Waals surface area contributed by atoms with Crippen LogP contribution in [0.25, 0.3) is 0 Å². The summed E-state index contributed by atoms with van der Waals surface area (Å²) < 4.78 is 40.8. The standard InChI is InChI=1S/C23H29F2N3O3/c1-26-23(27-13-18-8-9-20(29-2)21(12-18)31-22(24)25)28-11-10-19(14-28)16-30-15-17-6-4-3-5-7-17/h3-9,12,19,22H,10-11,13-16H2,1-2H3,(H,26,27). The summed E-state index contributed by atoms with van der Waals surface area (Å²) >= 11 is 0. The van der Waals surface area contributed by atoms with E-state index < -0.39 is 6.61 Å². The summed E-state index contributed by atoms with van der Waals surface area (Å²) in [4.78, 5) is 6.56. The number of alkyl halides is 2. The van der Waals surface area contributed by atoms with Gasteiger partial charge in [-0.15, -0.1) is 0 Å². The predicted molar refractivity (Wildman–Crippen MR) is 116 cm³/mol. The Labute approximate surface area is 181 Å². The van der Waals surface area contributed by atoms with Crippen LogP contribution in [0.3, 0.4) is 0 Å². The molecule has 1 unspecified atom stereocenters. The van der Waals surface area contributed by atoms with Gasteiger partial charge in [0.2, 0.25) is 0 Å². The summed E-state index contributed by atoms with van der Waals surface area (Å²) in [5.41, 5.74) is 1.96. The number of likely N-dealkylation sites (tertiary alicyclic amines) is 1. The fourth-order valence-electron chi connectivity index (χ4n) is 3.61. The minimum atomic E-state index is -2.91. The number of nitrogens with one attached hydrogen (secondary N) is 1. The summed E-state index contributed by atoms with van der Waals surface area (Å²) in [5, 5.41) is 3.30. The second-order valence-corrected chi connectivity index (χ2v) is 7.37. The molecule has 1 aliphatic rings. The molecule has 1 atom stereocenters. The molecule has 31 heavy (non-hydrogen) atoms. The van der Waals surface area contributed by atoms with Gasteiger partial charge in [-0.05, 0) is 29.7 Å². The van der Waals surface area contributed by atoms with Crippen molar-refractivity contribution in [1.82, 2.24) is 10.2 Å². The van der Waals surface area contributed by atoms with Crippen molar-refractivity contribution in [3.8, 4) is 11.5 Å². The van der Waals surface area contributed by atoms with Crippen LogP contribution < -0.4 is 14.8 Å². The Kier molecular flexibility index (Phi) is 8.46. The first kappa shape index (κ1) is 22.8. The maximum atomic E-state index is 12.6. The quantitative estimate of drug-likeness (QED) is 0.480. The summed E-state index contributed by atoms with van der Waals surface area (Å²) in [6.07, 6.45) is 1.03. The molecule has 1 fully saturated rings. The van der Waals surface area contributed by atoms with E-state index in [4.69, 9.17) is 9.47 Å². The Morgan fingerprint density at radius 3 is 2.68 bits per heavy atom. The first-order chi connectivity index (χ1) is 15.1. The monoisotopic (exact) mass is 433 g/mol. The van der Waals surface area contributed by atoms with E-state index in [1.165, 1.54) is 12.7 Å². The zero-order chi connectivity index (χ0) is 22.1. The number of nitrogens with zero attached hydrogens (tertiary/aromatic N) is 2. The molecule has 0 spiro atoms. The van der Waals surface area contributed by atoms with Gasteiger partial charge < -0.3 is 24.4 Å². The molecule has 1 heterocycles. The highest BCUT2D eigenvalue weighted by Gasteiger charge is 2.25. The molecule has 2 aromatic carbocycles. The molecule has 0 aromatic heterocycles. The van der Waals surface area contributed by atoms with Crippen LogP contribution in [-0.4, -0.2) is 51.3 Å². The average molecular weight is 433 g/mol. The van der Waals surface area contributed by atoms with Crippen molar-refractivity contribution in [1.29, 1.82) is 0 Å². The Morgan fingerprint density at radius 1 is 1.16 bits per heavy atom. The van der Waals surface area contributed by atoms with Gasteiger partial charge in [-0.3, -0.25) is 4.99 Å². The van der Waals surface area contributed by atoms with E-state index in [1.807, 2.05) is 24.3 Å². The molecule has 8 heteroatoms. The number of hydrogen-bond donors (Lipinski definition) is 1. The van der Waals surface area contributed by atoms with Crippen LogP contribution in [0.15, 0.2) is 53.5 Å². The molecule has 1 N–H and O–H groups in total. The van der Waals surface area contributed by atoms with Crippen molar-refractivity contribution >= 4 is 5.96 Å². The number of guanidine groups is 1. The van der Waals surface area contributed by atoms with E-state index in [0.717, 1.165) is 31.0 Å². The number of rotatable bonds is 9. The summed E-state index contributed by atoms with van der Waals surface area (Å²) in [7, 11) is 3.15. The Hall–Kier alpha value is -2.87. The molecule has 1 aliphatic heterocycles. The molecular weight excluding hydrogens is 404 g/mol. The van der Waals surface area contributed by atoms with E-state index in [2.05, 4.69) is 32.1 Å². The van der Waals surface area contributed by atoms with Crippen molar-refractivity contribution in [2.75, 3.05) is 33.9 Å². The van der Waals surface area contributed by atoms with E-state index >= 15 is 0 Å². The van der Waals surface area contributed by atoms with Crippen LogP contribution in [0.5, 0.6) is 11.5 Å². The second-order valence-electron chi connectivity index (χ2n) is 7.37. The molecule has 2 aromatic rings. The normalized spacial score (nSPS) is 16.6. The fraction of sp³-hybridized carbons (Fsp3) is 0.435. The van der Waals surface area contributed by atoms with Gasteiger partial charge in [0.15, 0.2) is 17.5 Å². The van der Waals surface area contributed by atoms with Crippen LogP contribution in [0.4, 0.5) is 8.78 Å². The largest absolute Gasteiger partial charge is 0.493 e. The molecule has 3 rings (SSSR count). The molecule has 0 amide bonds. The smallest absolute Gasteiger partial charge is 0.387 e. The number of methoxy groups -OCH3 is 1. The van der Waals surface area contributed by atoms with Gasteiger partial charge in [0.1, 0.15) is 0 Å². The van der Waals surface area contributed by atoms with Crippen LogP contribution in [0, 0.1) is 5.92 Å². The van der Waals surface area contributed by atoms with Gasteiger partial charge in [-0.1, -0.05) is 36.4 Å². The number of aliphatic imine (C=N–C) groups is 1. The molecule has 168 valence electrons. The highest BCUT2D eigenvalue weighted by Crippen LogP contribution is 2.29. The molecule has 1 saturated heterocycles. The number of ether oxygens (including phenoxy) is 3. The lowest BCUT2D eigenvalue weighted by Crippen LogP contribution is -2.39. The second kappa shape index (κ2) is 11.5. The first-order valence-corrected chi connectivity index (χ1v) is 10.3. The maximum absolute atomic E-state index is 12.6. The third-order valence-electron chi connectivity index (χ3n) is 5.16. The minimum absolute atomic E-state index is 0.0172. The third kappa shape index (κ3) is 6.82. The predicted octanol–water partition coefficient (Wildman–Crippen LogP) is 3.91. The topological polar surface area (TPSA) is 55.3 Å². The fourth-order valence-corrected chi connectivity index (χ4v) is 3.61. The molecular formula is C23H29F2N3O3. The molecule has 0 bridgehead atoms. The van der Waals surface area contributed by atoms with Gasteiger partial charge in [-0.2, -0.15) is 8.78 Å². The SMILES string of the molecule is CN=C(NCc1ccc(OC)c(OC(F)F)c1)N1CCC(COCc2ccccc2)C1. The number of benzene rings is 2. The Bertz CT molecular complexity index is 849. The average Bonchev–Trinajstić information content (AvgIpc) is 3.23. The van der Waals surface area contributed by atoms with Crippen LogP contribution in [0.1, 0.15) is 17.5 Å². The third-order valence-corrected chi connectivity index (χ3v) is 5.16. The van der Waals surface area contributed by atoms with Crippen LogP contribution >= 0.6 is 0 Å². The lowest BCUT2D eigenvalue weighted by atomic mass is 10.1.